The Morgan fingerprint density at radius 3 is 2.62 bits per heavy atom. The van der Waals surface area contributed by atoms with E-state index in [0.717, 1.165) is 89.2 Å². The van der Waals surface area contributed by atoms with Crippen molar-refractivity contribution in [3.8, 4) is 17.9 Å². The van der Waals surface area contributed by atoms with Crippen molar-refractivity contribution in [3.05, 3.63) is 64.1 Å². The fourth-order valence-corrected chi connectivity index (χ4v) is 6.56. The van der Waals surface area contributed by atoms with E-state index in [9.17, 15) is 10.1 Å². The smallest absolute Gasteiger partial charge is 0.359 e. The predicted molar refractivity (Wildman–Crippen MR) is 172 cm³/mol. The summed E-state index contributed by atoms with van der Waals surface area (Å²) in [5.74, 6) is 6.92. The van der Waals surface area contributed by atoms with E-state index in [1.165, 1.54) is 22.5 Å². The van der Waals surface area contributed by atoms with E-state index < -0.39 is 11.6 Å². The van der Waals surface area contributed by atoms with Crippen LogP contribution in [0.25, 0.3) is 0 Å². The van der Waals surface area contributed by atoms with Crippen LogP contribution in [0.15, 0.2) is 30.3 Å². The van der Waals surface area contributed by atoms with E-state index in [1.807, 2.05) is 32.9 Å². The molecule has 0 atom stereocenters. The number of benzene rings is 1. The first-order chi connectivity index (χ1) is 21.7. The van der Waals surface area contributed by atoms with E-state index in [2.05, 4.69) is 60.6 Å². The lowest BCUT2D eigenvalue weighted by Crippen LogP contribution is -2.36. The molecule has 1 aromatic carbocycles. The van der Waals surface area contributed by atoms with E-state index in [-0.39, 0.29) is 5.69 Å². The molecule has 0 spiro atoms. The van der Waals surface area contributed by atoms with E-state index >= 15 is 0 Å². The van der Waals surface area contributed by atoms with Crippen LogP contribution >= 0.6 is 0 Å². The van der Waals surface area contributed by atoms with Gasteiger partial charge in [-0.25, -0.2) is 4.79 Å². The number of likely N-dealkylation sites (tertiary alicyclic amines) is 1. The highest BCUT2D eigenvalue weighted by molar-refractivity contribution is 5.87. The van der Waals surface area contributed by atoms with E-state index in [4.69, 9.17) is 9.84 Å². The normalized spacial score (nSPS) is 17.5. The zero-order valence-corrected chi connectivity index (χ0v) is 26.8. The third kappa shape index (κ3) is 7.03. The molecule has 2 aromatic heterocycles. The number of aromatic nitrogens is 4. The van der Waals surface area contributed by atoms with Crippen LogP contribution in [0.3, 0.4) is 0 Å². The molecular weight excluding hydrogens is 564 g/mol. The number of likely N-dealkylation sites (N-methyl/N-ethyl adjacent to an activating group) is 1. The molecule has 5 heterocycles. The van der Waals surface area contributed by atoms with Crippen LogP contribution in [0.2, 0.25) is 0 Å². The van der Waals surface area contributed by atoms with Crippen LogP contribution in [0.1, 0.15) is 91.1 Å². The van der Waals surface area contributed by atoms with Crippen LogP contribution in [0.4, 0.5) is 11.5 Å². The van der Waals surface area contributed by atoms with Gasteiger partial charge in [-0.3, -0.25) is 4.68 Å². The summed E-state index contributed by atoms with van der Waals surface area (Å²) in [7, 11) is 2.19. The van der Waals surface area contributed by atoms with Gasteiger partial charge >= 0.3 is 5.97 Å². The quantitative estimate of drug-likeness (QED) is 0.303. The Balaban J connectivity index is 1.08. The molecule has 1 fully saturated rings. The first-order valence-corrected chi connectivity index (χ1v) is 16.1. The third-order valence-corrected chi connectivity index (χ3v) is 8.78. The van der Waals surface area contributed by atoms with Crippen molar-refractivity contribution in [2.45, 2.75) is 77.5 Å². The summed E-state index contributed by atoms with van der Waals surface area (Å²) in [6.45, 7) is 11.3. The highest BCUT2D eigenvalue weighted by Gasteiger charge is 2.32. The van der Waals surface area contributed by atoms with Crippen LogP contribution < -0.4 is 4.90 Å². The molecule has 0 N–H and O–H groups in total. The number of nitriles is 1. The maximum atomic E-state index is 12.2. The number of rotatable bonds is 5. The number of esters is 1. The second-order valence-corrected chi connectivity index (χ2v) is 13.3. The molecule has 6 rings (SSSR count). The first kappa shape index (κ1) is 30.8. The van der Waals surface area contributed by atoms with Crippen molar-refractivity contribution in [1.29, 1.82) is 5.26 Å². The highest BCUT2D eigenvalue weighted by atomic mass is 16.6. The van der Waals surface area contributed by atoms with Gasteiger partial charge in [0.1, 0.15) is 11.3 Å². The lowest BCUT2D eigenvalue weighted by Gasteiger charge is -2.33. The molecule has 0 amide bonds. The zero-order valence-electron chi connectivity index (χ0n) is 26.8. The third-order valence-electron chi connectivity index (χ3n) is 8.78. The Kier molecular flexibility index (Phi) is 8.89. The van der Waals surface area contributed by atoms with Gasteiger partial charge in [0.05, 0.1) is 17.7 Å². The largest absolute Gasteiger partial charge is 0.455 e. The fourth-order valence-electron chi connectivity index (χ4n) is 6.56. The molecule has 3 aliphatic heterocycles. The van der Waals surface area contributed by atoms with Crippen molar-refractivity contribution in [3.63, 3.8) is 0 Å². The number of hydrogen-bond acceptors (Lipinski definition) is 9. The number of ether oxygens (including phenoxy) is 1. The molecule has 0 radical (unpaired) electrons. The molecular formula is C35H42N8O2. The minimum Gasteiger partial charge on any atom is -0.455 e. The Morgan fingerprint density at radius 2 is 1.89 bits per heavy atom. The Hall–Kier alpha value is -4.25. The highest BCUT2D eigenvalue weighted by Crippen LogP contribution is 2.39. The Labute approximate surface area is 266 Å². The van der Waals surface area contributed by atoms with Gasteiger partial charge < -0.3 is 19.4 Å². The summed E-state index contributed by atoms with van der Waals surface area (Å²) in [6, 6.07) is 12.1. The number of fused-ring (bicyclic) bond motifs is 2. The Morgan fingerprint density at radius 1 is 1.07 bits per heavy atom. The summed E-state index contributed by atoms with van der Waals surface area (Å²) in [6.07, 6.45) is 5.96. The van der Waals surface area contributed by atoms with Crippen LogP contribution in [-0.4, -0.2) is 81.1 Å². The average molecular weight is 607 g/mol. The molecule has 45 heavy (non-hydrogen) atoms. The summed E-state index contributed by atoms with van der Waals surface area (Å²) < 4.78 is 7.71. The second-order valence-electron chi connectivity index (χ2n) is 13.3. The Bertz CT molecular complexity index is 1650. The second kappa shape index (κ2) is 13.0. The van der Waals surface area contributed by atoms with E-state index in [0.29, 0.717) is 11.7 Å². The van der Waals surface area contributed by atoms with Crippen molar-refractivity contribution in [1.82, 2.24) is 29.8 Å². The summed E-state index contributed by atoms with van der Waals surface area (Å²) in [5.41, 5.74) is 6.08. The maximum absolute atomic E-state index is 12.2. The van der Waals surface area contributed by atoms with Crippen molar-refractivity contribution < 1.29 is 9.53 Å². The van der Waals surface area contributed by atoms with E-state index in [1.54, 1.807) is 12.1 Å². The summed E-state index contributed by atoms with van der Waals surface area (Å²) in [4.78, 5) is 19.4. The van der Waals surface area contributed by atoms with Crippen LogP contribution in [-0.2, 0) is 24.1 Å². The van der Waals surface area contributed by atoms with Gasteiger partial charge in [-0.05, 0) is 95.3 Å². The van der Waals surface area contributed by atoms with Gasteiger partial charge in [-0.2, -0.15) is 10.4 Å². The monoisotopic (exact) mass is 606 g/mol. The summed E-state index contributed by atoms with van der Waals surface area (Å²) >= 11 is 0. The van der Waals surface area contributed by atoms with Gasteiger partial charge in [0, 0.05) is 69.1 Å². The standard InChI is InChI=1S/C35H42N8O2/c1-35(2,3)45-34(44)30-12-11-27(37-38-30)9-5-6-17-41-20-14-28(15-21-41)43-32-16-19-40(4)24-29(32)33(39-43)42-18-7-8-26-22-25(23-36)10-13-31(26)42/h10-13,22,28H,6-8,14-21,24H2,1-4H3. The number of piperidine rings is 1. The molecule has 0 saturated carbocycles. The molecule has 1 saturated heterocycles. The molecule has 0 unspecified atom stereocenters. The van der Waals surface area contributed by atoms with Gasteiger partial charge in [0.2, 0.25) is 0 Å². The lowest BCUT2D eigenvalue weighted by atomic mass is 9.98. The maximum Gasteiger partial charge on any atom is 0.359 e. The number of carbonyl (C=O) groups is 1. The lowest BCUT2D eigenvalue weighted by molar-refractivity contribution is 0.00615. The zero-order chi connectivity index (χ0) is 31.6. The van der Waals surface area contributed by atoms with Crippen molar-refractivity contribution in [2.75, 3.05) is 44.7 Å². The number of hydrogen-bond donors (Lipinski definition) is 0. The van der Waals surface area contributed by atoms with Gasteiger partial charge in [0.15, 0.2) is 11.5 Å². The number of carbonyl (C=O) groups excluding carboxylic acids is 1. The molecule has 10 heteroatoms. The van der Waals surface area contributed by atoms with Crippen molar-refractivity contribution >= 4 is 17.5 Å². The minimum atomic E-state index is -0.575. The first-order valence-electron chi connectivity index (χ1n) is 16.1. The predicted octanol–water partition coefficient (Wildman–Crippen LogP) is 4.65. The number of aryl methyl sites for hydroxylation is 1. The number of nitrogens with zero attached hydrogens (tertiary/aromatic N) is 8. The van der Waals surface area contributed by atoms with Gasteiger partial charge in [-0.15, -0.1) is 10.2 Å². The summed E-state index contributed by atoms with van der Waals surface area (Å²) in [5, 5.41) is 22.8. The number of anilines is 2. The van der Waals surface area contributed by atoms with Gasteiger partial charge in [0.25, 0.3) is 0 Å². The average Bonchev–Trinajstić information content (AvgIpc) is 3.40. The minimum absolute atomic E-state index is 0.186. The van der Waals surface area contributed by atoms with Crippen molar-refractivity contribution in [2.24, 2.45) is 0 Å². The topological polar surface area (TPSA) is 103 Å². The molecule has 0 bridgehead atoms. The van der Waals surface area contributed by atoms with Crippen LogP contribution in [0.5, 0.6) is 0 Å². The molecule has 234 valence electrons. The van der Waals surface area contributed by atoms with Gasteiger partial charge in [-0.1, -0.05) is 5.92 Å². The molecule has 0 aliphatic carbocycles. The molecule has 3 aliphatic rings. The SMILES string of the molecule is CN1CCc2c(c(N3CCCc4cc(C#N)ccc43)nn2C2CCN(CCC#Cc3ccc(C(=O)OC(C)(C)C)nn3)CC2)C1. The molecule has 3 aromatic rings. The fraction of sp³-hybridized carbons (Fsp3) is 0.514. The van der Waals surface area contributed by atoms with Crippen LogP contribution in [0, 0.1) is 23.2 Å². The molecule has 10 nitrogen and oxygen atoms in total.